The van der Waals surface area contributed by atoms with E-state index in [4.69, 9.17) is 9.47 Å². The molecule has 1 amide bonds. The van der Waals surface area contributed by atoms with Crippen molar-refractivity contribution in [3.63, 3.8) is 0 Å². The van der Waals surface area contributed by atoms with Crippen LogP contribution in [0.25, 0.3) is 11.1 Å². The maximum Gasteiger partial charge on any atom is 0.410 e. The predicted octanol–water partition coefficient (Wildman–Crippen LogP) is 3.86. The summed E-state index contributed by atoms with van der Waals surface area (Å²) in [6.07, 6.45) is 10.2. The first-order valence-electron chi connectivity index (χ1n) is 11.5. The predicted molar refractivity (Wildman–Crippen MR) is 122 cm³/mol. The summed E-state index contributed by atoms with van der Waals surface area (Å²) in [5.74, 6) is 0.356. The molecule has 33 heavy (non-hydrogen) atoms. The maximum absolute atomic E-state index is 12.6. The highest BCUT2D eigenvalue weighted by Gasteiger charge is 2.48. The van der Waals surface area contributed by atoms with Crippen LogP contribution in [0.2, 0.25) is 0 Å². The Hall–Kier alpha value is -2.68. The molecule has 3 fully saturated rings. The Morgan fingerprint density at radius 3 is 2.21 bits per heavy atom. The van der Waals surface area contributed by atoms with Gasteiger partial charge in [0.25, 0.3) is 0 Å². The van der Waals surface area contributed by atoms with Crippen molar-refractivity contribution in [2.24, 2.45) is 5.92 Å². The number of sulfone groups is 1. The van der Waals surface area contributed by atoms with Crippen LogP contribution in [0.4, 0.5) is 4.79 Å². The van der Waals surface area contributed by atoms with Crippen molar-refractivity contribution in [2.75, 3.05) is 12.9 Å². The van der Waals surface area contributed by atoms with Crippen LogP contribution in [0.1, 0.15) is 45.4 Å². The molecule has 1 saturated carbocycles. The summed E-state index contributed by atoms with van der Waals surface area (Å²) in [6, 6.07) is 7.42. The molecular weight excluding hydrogens is 442 g/mol. The number of carbonyl (C=O) groups excluding carboxylic acids is 1. The van der Waals surface area contributed by atoms with Gasteiger partial charge in [0.2, 0.25) is 0 Å². The first kappa shape index (κ1) is 22.1. The normalized spacial score (nSPS) is 25.5. The number of fused-ring (bicyclic) bond motifs is 2. The van der Waals surface area contributed by atoms with Gasteiger partial charge >= 0.3 is 12.1 Å². The molecule has 2 saturated heterocycles. The molecule has 2 aliphatic heterocycles. The van der Waals surface area contributed by atoms with E-state index in [0.29, 0.717) is 18.5 Å². The van der Waals surface area contributed by atoms with Gasteiger partial charge in [0, 0.05) is 36.3 Å². The number of aromatic nitrogens is 2. The van der Waals surface area contributed by atoms with Crippen LogP contribution in [0.5, 0.6) is 6.01 Å². The van der Waals surface area contributed by atoms with Crippen LogP contribution in [-0.2, 0) is 14.6 Å². The zero-order valence-corrected chi connectivity index (χ0v) is 19.8. The van der Waals surface area contributed by atoms with E-state index in [2.05, 4.69) is 9.97 Å². The molecule has 8 nitrogen and oxygen atoms in total. The van der Waals surface area contributed by atoms with Gasteiger partial charge in [-0.25, -0.2) is 23.2 Å². The number of piperidine rings is 1. The zero-order valence-electron chi connectivity index (χ0n) is 18.9. The van der Waals surface area contributed by atoms with Gasteiger partial charge in [-0.05, 0) is 69.1 Å². The topological polar surface area (TPSA) is 98.7 Å². The second kappa shape index (κ2) is 8.27. The van der Waals surface area contributed by atoms with E-state index < -0.39 is 9.84 Å². The lowest BCUT2D eigenvalue weighted by atomic mass is 9.92. The minimum atomic E-state index is -3.22. The molecule has 176 valence electrons. The molecule has 1 aliphatic carbocycles. The number of nitrogens with zero attached hydrogens (tertiary/aromatic N) is 3. The third-order valence-corrected chi connectivity index (χ3v) is 8.15. The van der Waals surface area contributed by atoms with Crippen LogP contribution < -0.4 is 4.74 Å². The zero-order chi connectivity index (χ0) is 23.2. The summed E-state index contributed by atoms with van der Waals surface area (Å²) in [6.45, 7) is 2.53. The Kier molecular flexibility index (Phi) is 5.55. The van der Waals surface area contributed by atoms with Gasteiger partial charge in [-0.3, -0.25) is 0 Å². The fourth-order valence-corrected chi connectivity index (χ4v) is 5.52. The van der Waals surface area contributed by atoms with Crippen molar-refractivity contribution < 1.29 is 22.7 Å². The quantitative estimate of drug-likeness (QED) is 0.631. The number of amides is 1. The molecule has 2 bridgehead atoms. The molecule has 3 heterocycles. The summed E-state index contributed by atoms with van der Waals surface area (Å²) in [7, 11) is -3.22. The maximum atomic E-state index is 12.6. The summed E-state index contributed by atoms with van der Waals surface area (Å²) in [4.78, 5) is 23.5. The van der Waals surface area contributed by atoms with E-state index in [0.717, 1.165) is 49.7 Å². The van der Waals surface area contributed by atoms with Crippen molar-refractivity contribution in [1.29, 1.82) is 0 Å². The van der Waals surface area contributed by atoms with E-state index >= 15 is 0 Å². The molecule has 1 aromatic carbocycles. The van der Waals surface area contributed by atoms with Crippen molar-refractivity contribution >= 4 is 15.9 Å². The summed E-state index contributed by atoms with van der Waals surface area (Å²) < 4.78 is 34.8. The van der Waals surface area contributed by atoms with Gasteiger partial charge in [-0.1, -0.05) is 12.1 Å². The Morgan fingerprint density at radius 1 is 1.06 bits per heavy atom. The Balaban J connectivity index is 1.15. The number of benzene rings is 1. The fourth-order valence-electron chi connectivity index (χ4n) is 4.89. The smallest absolute Gasteiger partial charge is 0.410 e. The van der Waals surface area contributed by atoms with Crippen LogP contribution >= 0.6 is 0 Å². The van der Waals surface area contributed by atoms with Crippen molar-refractivity contribution in [3.05, 3.63) is 36.7 Å². The average Bonchev–Trinajstić information content (AvgIpc) is 3.44. The summed E-state index contributed by atoms with van der Waals surface area (Å²) in [5, 5.41) is 0. The van der Waals surface area contributed by atoms with E-state index in [9.17, 15) is 13.2 Å². The van der Waals surface area contributed by atoms with Crippen LogP contribution in [0.15, 0.2) is 41.6 Å². The Morgan fingerprint density at radius 2 is 1.67 bits per heavy atom. The fraction of sp³-hybridized carbons (Fsp3) is 0.542. The van der Waals surface area contributed by atoms with Crippen LogP contribution in [0, 0.1) is 5.92 Å². The molecule has 9 heteroatoms. The highest BCUT2D eigenvalue weighted by Crippen LogP contribution is 2.43. The monoisotopic (exact) mass is 471 g/mol. The molecule has 3 aliphatic rings. The minimum absolute atomic E-state index is 0.148. The SMILES string of the molecule is CC1(OC(=O)N2[C@@H]3CC[C@H]2CC(COc2ncc(-c4ccc(S(C)(=O)=O)cc4)cn2)C3)CC1. The van der Waals surface area contributed by atoms with E-state index in [1.54, 1.807) is 36.7 Å². The standard InChI is InChI=1S/C24H29N3O5S/c1-24(9-10-24)32-23(28)27-19-5-6-20(27)12-16(11-19)15-31-22-25-13-18(14-26-22)17-3-7-21(8-4-17)33(2,29)30/h3-4,7-8,13-14,16,19-20H,5-6,9-12,15H2,1-2H3/t16?,19-,20+. The summed E-state index contributed by atoms with van der Waals surface area (Å²) in [5.41, 5.74) is 1.39. The Bertz CT molecular complexity index is 1120. The van der Waals surface area contributed by atoms with Gasteiger partial charge in [-0.15, -0.1) is 0 Å². The van der Waals surface area contributed by atoms with Gasteiger partial charge in [-0.2, -0.15) is 0 Å². The van der Waals surface area contributed by atoms with E-state index in [1.165, 1.54) is 6.26 Å². The first-order valence-corrected chi connectivity index (χ1v) is 13.4. The molecule has 1 unspecified atom stereocenters. The third-order valence-electron chi connectivity index (χ3n) is 7.02. The van der Waals surface area contributed by atoms with Gasteiger partial charge in [0.15, 0.2) is 9.84 Å². The average molecular weight is 472 g/mol. The second-order valence-electron chi connectivity index (χ2n) is 9.81. The van der Waals surface area contributed by atoms with Gasteiger partial charge in [0.05, 0.1) is 11.5 Å². The molecule has 0 spiro atoms. The lowest BCUT2D eigenvalue weighted by Crippen LogP contribution is -2.48. The molecule has 0 radical (unpaired) electrons. The van der Waals surface area contributed by atoms with Gasteiger partial charge in [0.1, 0.15) is 5.60 Å². The molecule has 3 atom stereocenters. The molecule has 2 aromatic rings. The van der Waals surface area contributed by atoms with E-state index in [1.807, 2.05) is 11.8 Å². The second-order valence-corrected chi connectivity index (χ2v) is 11.8. The largest absolute Gasteiger partial charge is 0.463 e. The third kappa shape index (κ3) is 4.83. The van der Waals surface area contributed by atoms with Gasteiger partial charge < -0.3 is 14.4 Å². The number of hydrogen-bond donors (Lipinski definition) is 0. The van der Waals surface area contributed by atoms with Crippen LogP contribution in [0.3, 0.4) is 0 Å². The lowest BCUT2D eigenvalue weighted by molar-refractivity contribution is 0.0216. The number of rotatable bonds is 6. The van der Waals surface area contributed by atoms with Crippen molar-refractivity contribution in [3.8, 4) is 17.1 Å². The Labute approximate surface area is 194 Å². The van der Waals surface area contributed by atoms with Crippen molar-refractivity contribution in [2.45, 2.75) is 68.0 Å². The highest BCUT2D eigenvalue weighted by molar-refractivity contribution is 7.90. The molecular formula is C24H29N3O5S. The molecule has 5 rings (SSSR count). The molecule has 0 N–H and O–H groups in total. The lowest BCUT2D eigenvalue weighted by Gasteiger charge is -2.38. The summed E-state index contributed by atoms with van der Waals surface area (Å²) >= 11 is 0. The number of hydrogen-bond acceptors (Lipinski definition) is 7. The molecule has 1 aromatic heterocycles. The first-order chi connectivity index (χ1) is 15.7. The van der Waals surface area contributed by atoms with Crippen molar-refractivity contribution in [1.82, 2.24) is 14.9 Å². The number of ether oxygens (including phenoxy) is 2. The highest BCUT2D eigenvalue weighted by atomic mass is 32.2. The van der Waals surface area contributed by atoms with Crippen LogP contribution in [-0.4, -0.2) is 59.9 Å². The van der Waals surface area contributed by atoms with E-state index in [-0.39, 0.29) is 28.7 Å². The minimum Gasteiger partial charge on any atom is -0.463 e. The number of carbonyl (C=O) groups is 1.